The van der Waals surface area contributed by atoms with Crippen molar-refractivity contribution in [2.24, 2.45) is 33.7 Å². The van der Waals surface area contributed by atoms with Gasteiger partial charge in [-0.1, -0.05) is 76.3 Å². The SMILES string of the molecule is CC(C)C1(O)C=CC=CC1C=NCCN=CC1C=CC=CC1(O)C(C)C. The van der Waals surface area contributed by atoms with Gasteiger partial charge in [0, 0.05) is 24.3 Å². The van der Waals surface area contributed by atoms with Gasteiger partial charge in [-0.3, -0.25) is 9.98 Å². The van der Waals surface area contributed by atoms with Crippen LogP contribution in [0.1, 0.15) is 27.7 Å². The Morgan fingerprint density at radius 3 is 1.50 bits per heavy atom. The van der Waals surface area contributed by atoms with Crippen LogP contribution in [-0.2, 0) is 0 Å². The minimum absolute atomic E-state index is 0.109. The molecule has 0 aromatic rings. The van der Waals surface area contributed by atoms with Crippen molar-refractivity contribution in [2.75, 3.05) is 13.1 Å². The van der Waals surface area contributed by atoms with E-state index in [1.807, 2.05) is 88.7 Å². The fraction of sp³-hybridized carbons (Fsp3) is 0.545. The lowest BCUT2D eigenvalue weighted by Crippen LogP contribution is -2.42. The third-order valence-electron chi connectivity index (χ3n) is 5.39. The van der Waals surface area contributed by atoms with Crippen LogP contribution in [0.3, 0.4) is 0 Å². The minimum Gasteiger partial charge on any atom is -0.385 e. The third-order valence-corrected chi connectivity index (χ3v) is 5.39. The number of nitrogens with zero attached hydrogens (tertiary/aromatic N) is 2. The number of hydrogen-bond donors (Lipinski definition) is 2. The number of rotatable bonds is 7. The van der Waals surface area contributed by atoms with Gasteiger partial charge >= 0.3 is 0 Å². The van der Waals surface area contributed by atoms with E-state index >= 15 is 0 Å². The molecule has 4 heteroatoms. The van der Waals surface area contributed by atoms with Crippen LogP contribution in [0.5, 0.6) is 0 Å². The highest BCUT2D eigenvalue weighted by Crippen LogP contribution is 2.31. The van der Waals surface area contributed by atoms with E-state index in [2.05, 4.69) is 9.98 Å². The van der Waals surface area contributed by atoms with Gasteiger partial charge in [0.1, 0.15) is 0 Å². The standard InChI is InChI=1S/C22H32N2O2/c1-17(2)21(25)11-7-5-9-19(21)15-23-13-14-24-16-20-10-6-8-12-22(20,26)18(3)4/h5-12,15-20,25-26H,13-14H2,1-4H3. The molecule has 26 heavy (non-hydrogen) atoms. The number of hydrogen-bond acceptors (Lipinski definition) is 4. The van der Waals surface area contributed by atoms with Crippen molar-refractivity contribution >= 4 is 12.4 Å². The summed E-state index contributed by atoms with van der Waals surface area (Å²) >= 11 is 0. The van der Waals surface area contributed by atoms with Gasteiger partial charge in [-0.2, -0.15) is 0 Å². The second-order valence-electron chi connectivity index (χ2n) is 7.73. The summed E-state index contributed by atoms with van der Waals surface area (Å²) in [6, 6.07) is 0. The van der Waals surface area contributed by atoms with Gasteiger partial charge in [0.15, 0.2) is 0 Å². The van der Waals surface area contributed by atoms with Crippen LogP contribution in [0.2, 0.25) is 0 Å². The molecule has 0 heterocycles. The molecule has 2 N–H and O–H groups in total. The Kier molecular flexibility index (Phi) is 6.90. The predicted octanol–water partition coefficient (Wildman–Crippen LogP) is 3.39. The van der Waals surface area contributed by atoms with Crippen LogP contribution in [0, 0.1) is 23.7 Å². The molecule has 2 aliphatic carbocycles. The highest BCUT2D eigenvalue weighted by Gasteiger charge is 2.36. The zero-order valence-corrected chi connectivity index (χ0v) is 16.3. The molecular weight excluding hydrogens is 324 g/mol. The van der Waals surface area contributed by atoms with Gasteiger partial charge in [0.25, 0.3) is 0 Å². The average molecular weight is 357 g/mol. The first-order chi connectivity index (χ1) is 12.3. The van der Waals surface area contributed by atoms with E-state index in [4.69, 9.17) is 0 Å². The molecule has 0 aliphatic heterocycles. The topological polar surface area (TPSA) is 65.2 Å². The van der Waals surface area contributed by atoms with Crippen molar-refractivity contribution in [1.82, 2.24) is 0 Å². The number of aliphatic hydroxyl groups is 2. The first kappa shape index (κ1) is 20.5. The molecule has 4 unspecified atom stereocenters. The van der Waals surface area contributed by atoms with Gasteiger partial charge in [0.05, 0.1) is 24.3 Å². The maximum Gasteiger partial charge on any atom is 0.0965 e. The van der Waals surface area contributed by atoms with Crippen molar-refractivity contribution in [3.8, 4) is 0 Å². The Morgan fingerprint density at radius 1 is 0.769 bits per heavy atom. The van der Waals surface area contributed by atoms with Crippen molar-refractivity contribution in [2.45, 2.75) is 38.9 Å². The average Bonchev–Trinajstić information content (AvgIpc) is 2.60. The molecule has 4 nitrogen and oxygen atoms in total. The van der Waals surface area contributed by atoms with E-state index in [1.54, 1.807) is 0 Å². The summed E-state index contributed by atoms with van der Waals surface area (Å²) in [6.07, 6.45) is 19.0. The lowest BCUT2D eigenvalue weighted by molar-refractivity contribution is 0.0251. The van der Waals surface area contributed by atoms with Crippen molar-refractivity contribution in [3.63, 3.8) is 0 Å². The van der Waals surface area contributed by atoms with E-state index in [0.717, 1.165) is 0 Å². The summed E-state index contributed by atoms with van der Waals surface area (Å²) in [5, 5.41) is 21.6. The Bertz CT molecular complexity index is 587. The van der Waals surface area contributed by atoms with Crippen LogP contribution in [0.4, 0.5) is 0 Å². The second kappa shape index (κ2) is 8.74. The third kappa shape index (κ3) is 4.49. The molecule has 0 aromatic heterocycles. The second-order valence-corrected chi connectivity index (χ2v) is 7.73. The number of aliphatic imine (C=N–C) groups is 2. The highest BCUT2D eigenvalue weighted by molar-refractivity contribution is 5.68. The van der Waals surface area contributed by atoms with Crippen LogP contribution in [0.25, 0.3) is 0 Å². The largest absolute Gasteiger partial charge is 0.385 e. The predicted molar refractivity (Wildman–Crippen MR) is 110 cm³/mol. The molecule has 0 saturated carbocycles. The summed E-state index contributed by atoms with van der Waals surface area (Å²) in [7, 11) is 0. The highest BCUT2D eigenvalue weighted by atomic mass is 16.3. The fourth-order valence-corrected chi connectivity index (χ4v) is 3.30. The molecule has 0 spiro atoms. The van der Waals surface area contributed by atoms with E-state index in [1.165, 1.54) is 0 Å². The summed E-state index contributed by atoms with van der Waals surface area (Å²) < 4.78 is 0. The minimum atomic E-state index is -0.880. The zero-order valence-electron chi connectivity index (χ0n) is 16.3. The summed E-state index contributed by atoms with van der Waals surface area (Å²) in [5.41, 5.74) is -1.76. The molecule has 0 fully saturated rings. The van der Waals surface area contributed by atoms with Gasteiger partial charge in [-0.25, -0.2) is 0 Å². The first-order valence-corrected chi connectivity index (χ1v) is 9.47. The lowest BCUT2D eigenvalue weighted by atomic mass is 9.76. The van der Waals surface area contributed by atoms with Crippen molar-refractivity contribution in [3.05, 3.63) is 48.6 Å². The molecule has 0 radical (unpaired) electrons. The number of allylic oxidation sites excluding steroid dienone is 4. The summed E-state index contributed by atoms with van der Waals surface area (Å²) in [5.74, 6) is -0.0149. The lowest BCUT2D eigenvalue weighted by Gasteiger charge is -2.35. The van der Waals surface area contributed by atoms with E-state index < -0.39 is 11.2 Å². The maximum absolute atomic E-state index is 10.8. The Hall–Kier alpha value is -1.78. The zero-order chi connectivity index (χ0) is 19.2. The molecule has 4 atom stereocenters. The van der Waals surface area contributed by atoms with Crippen LogP contribution in [-0.4, -0.2) is 46.9 Å². The van der Waals surface area contributed by atoms with Gasteiger partial charge in [-0.15, -0.1) is 0 Å². The first-order valence-electron chi connectivity index (χ1n) is 9.47. The van der Waals surface area contributed by atoms with Crippen LogP contribution < -0.4 is 0 Å². The summed E-state index contributed by atoms with van der Waals surface area (Å²) in [6.45, 7) is 9.16. The summed E-state index contributed by atoms with van der Waals surface area (Å²) in [4.78, 5) is 8.90. The Morgan fingerprint density at radius 2 is 1.15 bits per heavy atom. The monoisotopic (exact) mass is 356 g/mol. The quantitative estimate of drug-likeness (QED) is 0.542. The maximum atomic E-state index is 10.8. The van der Waals surface area contributed by atoms with E-state index in [9.17, 15) is 10.2 Å². The Labute approximate surface area is 157 Å². The van der Waals surface area contributed by atoms with E-state index in [-0.39, 0.29) is 23.7 Å². The van der Waals surface area contributed by atoms with Crippen LogP contribution >= 0.6 is 0 Å². The smallest absolute Gasteiger partial charge is 0.0965 e. The molecular formula is C22H32N2O2. The van der Waals surface area contributed by atoms with Gasteiger partial charge < -0.3 is 10.2 Å². The van der Waals surface area contributed by atoms with E-state index in [0.29, 0.717) is 13.1 Å². The molecule has 0 amide bonds. The Balaban J connectivity index is 1.88. The molecule has 0 saturated heterocycles. The molecule has 142 valence electrons. The van der Waals surface area contributed by atoms with Gasteiger partial charge in [0.2, 0.25) is 0 Å². The molecule has 0 bridgehead atoms. The van der Waals surface area contributed by atoms with Gasteiger partial charge in [-0.05, 0) is 11.8 Å². The molecule has 2 rings (SSSR count). The van der Waals surface area contributed by atoms with Crippen LogP contribution in [0.15, 0.2) is 58.6 Å². The normalized spacial score (nSPS) is 34.2. The van der Waals surface area contributed by atoms with Crippen molar-refractivity contribution < 1.29 is 10.2 Å². The molecule has 2 aliphatic rings. The van der Waals surface area contributed by atoms with Crippen molar-refractivity contribution in [1.29, 1.82) is 0 Å². The molecule has 0 aromatic carbocycles. The fourth-order valence-electron chi connectivity index (χ4n) is 3.30.